The zero-order valence-corrected chi connectivity index (χ0v) is 11.5. The van der Waals surface area contributed by atoms with Crippen molar-refractivity contribution in [2.75, 3.05) is 12.8 Å². The van der Waals surface area contributed by atoms with Crippen molar-refractivity contribution in [2.45, 2.75) is 37.7 Å². The number of halogens is 1. The van der Waals surface area contributed by atoms with Gasteiger partial charge in [-0.05, 0) is 35.4 Å². The van der Waals surface area contributed by atoms with Crippen LogP contribution in [0.15, 0.2) is 6.20 Å². The molecule has 4 nitrogen and oxygen atoms in total. The molecular weight excluding hydrogens is 317 g/mol. The molecule has 5 heteroatoms. The van der Waals surface area contributed by atoms with Crippen LogP contribution in [0.3, 0.4) is 0 Å². The van der Waals surface area contributed by atoms with Crippen LogP contribution in [0.1, 0.15) is 37.9 Å². The number of nitrogens with two attached hydrogens (primary N) is 1. The van der Waals surface area contributed by atoms with Crippen molar-refractivity contribution in [3.05, 3.63) is 15.6 Å². The quantitative estimate of drug-likeness (QED) is 0.845. The summed E-state index contributed by atoms with van der Waals surface area (Å²) in [6.45, 7) is 0. The van der Waals surface area contributed by atoms with Crippen LogP contribution in [0, 0.1) is 3.57 Å². The van der Waals surface area contributed by atoms with Crippen molar-refractivity contribution in [3.63, 3.8) is 0 Å². The molecule has 1 aromatic heterocycles. The summed E-state index contributed by atoms with van der Waals surface area (Å²) in [5.74, 6) is 1.29. The van der Waals surface area contributed by atoms with E-state index in [1.165, 1.54) is 19.3 Å². The number of rotatable bonds is 2. The van der Waals surface area contributed by atoms with E-state index >= 15 is 0 Å². The summed E-state index contributed by atoms with van der Waals surface area (Å²) in [5, 5.41) is 0. The molecule has 0 unspecified atom stereocenters. The van der Waals surface area contributed by atoms with Crippen molar-refractivity contribution >= 4 is 28.4 Å². The minimum atomic E-state index is -0.309. The highest BCUT2D eigenvalue weighted by Gasteiger charge is 2.36. The van der Waals surface area contributed by atoms with Crippen LogP contribution in [0.2, 0.25) is 0 Å². The number of nitrogens with zero attached hydrogens (tertiary/aromatic N) is 2. The maximum absolute atomic E-state index is 5.83. The highest BCUT2D eigenvalue weighted by Crippen LogP contribution is 2.38. The topological polar surface area (TPSA) is 61.0 Å². The van der Waals surface area contributed by atoms with E-state index in [0.29, 0.717) is 5.82 Å². The van der Waals surface area contributed by atoms with Crippen LogP contribution < -0.4 is 5.73 Å². The first-order valence-electron chi connectivity index (χ1n) is 5.51. The van der Waals surface area contributed by atoms with E-state index in [0.717, 1.165) is 22.2 Å². The molecule has 1 aliphatic carbocycles. The van der Waals surface area contributed by atoms with Gasteiger partial charge in [0.2, 0.25) is 0 Å². The maximum atomic E-state index is 5.83. The smallest absolute Gasteiger partial charge is 0.162 e. The van der Waals surface area contributed by atoms with Crippen molar-refractivity contribution in [1.82, 2.24) is 9.97 Å². The largest absolute Gasteiger partial charge is 0.383 e. The molecule has 16 heavy (non-hydrogen) atoms. The second-order valence-corrected chi connectivity index (χ2v) is 5.35. The number of hydrogen-bond donors (Lipinski definition) is 1. The highest BCUT2D eigenvalue weighted by molar-refractivity contribution is 14.1. The van der Waals surface area contributed by atoms with Gasteiger partial charge in [0.1, 0.15) is 11.4 Å². The second kappa shape index (κ2) is 4.83. The second-order valence-electron chi connectivity index (χ2n) is 4.19. The van der Waals surface area contributed by atoms with E-state index in [-0.39, 0.29) is 5.60 Å². The summed E-state index contributed by atoms with van der Waals surface area (Å²) in [4.78, 5) is 8.76. The van der Waals surface area contributed by atoms with Gasteiger partial charge in [-0.15, -0.1) is 0 Å². The highest BCUT2D eigenvalue weighted by atomic mass is 127. The molecule has 0 bridgehead atoms. The third kappa shape index (κ3) is 2.15. The Morgan fingerprint density at radius 1 is 1.38 bits per heavy atom. The Morgan fingerprint density at radius 3 is 2.62 bits per heavy atom. The van der Waals surface area contributed by atoms with E-state index in [4.69, 9.17) is 10.5 Å². The molecule has 0 spiro atoms. The Balaban J connectivity index is 2.35. The van der Waals surface area contributed by atoms with E-state index < -0.39 is 0 Å². The molecule has 0 aromatic carbocycles. The standard InChI is InChI=1S/C11H16IN3O/c1-16-11(5-3-2-4-6-11)10-14-7-8(12)9(13)15-10/h7H,2-6H2,1H3,(H2,13,14,15). The fourth-order valence-electron chi connectivity index (χ4n) is 2.24. The number of hydrogen-bond acceptors (Lipinski definition) is 4. The first kappa shape index (κ1) is 12.0. The third-order valence-corrected chi connectivity index (χ3v) is 4.06. The summed E-state index contributed by atoms with van der Waals surface area (Å²) in [5.41, 5.74) is 5.52. The van der Waals surface area contributed by atoms with Crippen molar-refractivity contribution in [2.24, 2.45) is 0 Å². The zero-order valence-electron chi connectivity index (χ0n) is 9.37. The Labute approximate surface area is 109 Å². The molecule has 0 saturated heterocycles. The van der Waals surface area contributed by atoms with Gasteiger partial charge < -0.3 is 10.5 Å². The molecule has 1 aromatic rings. The molecule has 0 amide bonds. The van der Waals surface area contributed by atoms with Crippen molar-refractivity contribution in [1.29, 1.82) is 0 Å². The number of aromatic nitrogens is 2. The van der Waals surface area contributed by atoms with Gasteiger partial charge in [-0.1, -0.05) is 19.3 Å². The van der Waals surface area contributed by atoms with E-state index in [1.807, 2.05) is 0 Å². The fourth-order valence-corrected chi connectivity index (χ4v) is 2.50. The molecule has 2 N–H and O–H groups in total. The molecule has 1 heterocycles. The fraction of sp³-hybridized carbons (Fsp3) is 0.636. The monoisotopic (exact) mass is 333 g/mol. The summed E-state index contributed by atoms with van der Waals surface area (Å²) in [6, 6.07) is 0. The lowest BCUT2D eigenvalue weighted by Gasteiger charge is -2.34. The van der Waals surface area contributed by atoms with Gasteiger partial charge in [0.15, 0.2) is 5.82 Å². The normalized spacial score (nSPS) is 19.6. The van der Waals surface area contributed by atoms with E-state index in [2.05, 4.69) is 32.6 Å². The third-order valence-electron chi connectivity index (χ3n) is 3.23. The van der Waals surface area contributed by atoms with Gasteiger partial charge in [0, 0.05) is 13.3 Å². The molecule has 0 aliphatic heterocycles. The van der Waals surface area contributed by atoms with Crippen LogP contribution in [0.4, 0.5) is 5.82 Å². The molecule has 1 fully saturated rings. The van der Waals surface area contributed by atoms with Crippen LogP contribution in [0.25, 0.3) is 0 Å². The summed E-state index contributed by atoms with van der Waals surface area (Å²) in [7, 11) is 1.74. The van der Waals surface area contributed by atoms with Gasteiger partial charge in [-0.3, -0.25) is 0 Å². The lowest BCUT2D eigenvalue weighted by Crippen LogP contribution is -2.33. The predicted octanol–water partition coefficient (Wildman–Crippen LogP) is 2.47. The molecule has 1 saturated carbocycles. The van der Waals surface area contributed by atoms with E-state index in [1.54, 1.807) is 13.3 Å². The molecule has 88 valence electrons. The minimum absolute atomic E-state index is 0.309. The average molecular weight is 333 g/mol. The molecule has 2 rings (SSSR count). The summed E-state index contributed by atoms with van der Waals surface area (Å²) in [6.07, 6.45) is 7.36. The Morgan fingerprint density at radius 2 is 2.06 bits per heavy atom. The minimum Gasteiger partial charge on any atom is -0.383 e. The number of methoxy groups -OCH3 is 1. The van der Waals surface area contributed by atoms with Gasteiger partial charge in [-0.2, -0.15) is 0 Å². The number of nitrogen functional groups attached to an aromatic ring is 1. The van der Waals surface area contributed by atoms with Gasteiger partial charge in [0.25, 0.3) is 0 Å². The summed E-state index contributed by atoms with van der Waals surface area (Å²) >= 11 is 2.14. The Kier molecular flexibility index (Phi) is 3.63. The van der Waals surface area contributed by atoms with Crippen LogP contribution in [-0.4, -0.2) is 17.1 Å². The Hall–Kier alpha value is -0.430. The first-order valence-corrected chi connectivity index (χ1v) is 6.59. The SMILES string of the molecule is COC1(c2ncc(I)c(N)n2)CCCCC1. The van der Waals surface area contributed by atoms with Gasteiger partial charge >= 0.3 is 0 Å². The molecule has 0 radical (unpaired) electrons. The van der Waals surface area contributed by atoms with Gasteiger partial charge in [0.05, 0.1) is 3.57 Å². The maximum Gasteiger partial charge on any atom is 0.162 e. The summed E-state index contributed by atoms with van der Waals surface area (Å²) < 4.78 is 6.57. The lowest BCUT2D eigenvalue weighted by molar-refractivity contribution is -0.0514. The predicted molar refractivity (Wildman–Crippen MR) is 70.9 cm³/mol. The lowest BCUT2D eigenvalue weighted by atomic mass is 9.84. The van der Waals surface area contributed by atoms with Gasteiger partial charge in [-0.25, -0.2) is 9.97 Å². The zero-order chi connectivity index (χ0) is 11.6. The van der Waals surface area contributed by atoms with Crippen molar-refractivity contribution in [3.8, 4) is 0 Å². The first-order chi connectivity index (χ1) is 7.68. The van der Waals surface area contributed by atoms with Crippen molar-refractivity contribution < 1.29 is 4.74 Å². The van der Waals surface area contributed by atoms with Crippen LogP contribution >= 0.6 is 22.6 Å². The molecular formula is C11H16IN3O. The van der Waals surface area contributed by atoms with Crippen LogP contribution in [-0.2, 0) is 10.3 Å². The van der Waals surface area contributed by atoms with E-state index in [9.17, 15) is 0 Å². The molecule has 1 aliphatic rings. The molecule has 0 atom stereocenters. The number of anilines is 1. The van der Waals surface area contributed by atoms with Crippen LogP contribution in [0.5, 0.6) is 0 Å². The average Bonchev–Trinajstić information content (AvgIpc) is 2.33. The Bertz CT molecular complexity index is 377. The number of ether oxygens (including phenoxy) is 1.